The summed E-state index contributed by atoms with van der Waals surface area (Å²) in [6, 6.07) is 3.47. The Bertz CT molecular complexity index is 504. The molecule has 1 aromatic carbocycles. The lowest BCUT2D eigenvalue weighted by Gasteiger charge is -2.42. The van der Waals surface area contributed by atoms with Gasteiger partial charge in [0.05, 0.1) is 22.7 Å². The maximum atomic E-state index is 10.8. The van der Waals surface area contributed by atoms with Gasteiger partial charge in [-0.25, -0.2) is 0 Å². The van der Waals surface area contributed by atoms with Gasteiger partial charge in [-0.2, -0.15) is 0 Å². The zero-order valence-corrected chi connectivity index (χ0v) is 10.2. The summed E-state index contributed by atoms with van der Waals surface area (Å²) < 4.78 is 5.68. The van der Waals surface area contributed by atoms with Crippen LogP contribution in [0.3, 0.4) is 0 Å². The van der Waals surface area contributed by atoms with Gasteiger partial charge in [-0.1, -0.05) is 0 Å². The van der Waals surface area contributed by atoms with Crippen LogP contribution in [0.2, 0.25) is 0 Å². The van der Waals surface area contributed by atoms with Gasteiger partial charge in [0, 0.05) is 25.7 Å². The van der Waals surface area contributed by atoms with Gasteiger partial charge in [0.15, 0.2) is 0 Å². The number of piperazine rings is 1. The number of nitrogens with one attached hydrogen (secondary N) is 1. The molecule has 1 saturated heterocycles. The number of nitro groups is 1. The van der Waals surface area contributed by atoms with Gasteiger partial charge in [0.2, 0.25) is 0 Å². The first-order valence-electron chi connectivity index (χ1n) is 6.06. The molecule has 2 aliphatic heterocycles. The van der Waals surface area contributed by atoms with E-state index in [1.165, 1.54) is 6.07 Å². The highest BCUT2D eigenvalue weighted by atomic mass is 16.6. The van der Waals surface area contributed by atoms with Gasteiger partial charge in [0.25, 0.3) is 5.69 Å². The van der Waals surface area contributed by atoms with Crippen LogP contribution in [0.4, 0.5) is 11.4 Å². The maximum Gasteiger partial charge on any atom is 0.273 e. The molecule has 1 N–H and O–H groups in total. The van der Waals surface area contributed by atoms with E-state index in [-0.39, 0.29) is 10.6 Å². The third-order valence-corrected chi connectivity index (χ3v) is 3.53. The quantitative estimate of drug-likeness (QED) is 0.595. The molecule has 2 aliphatic rings. The minimum Gasteiger partial charge on any atom is -0.489 e. The Labute approximate surface area is 105 Å². The Morgan fingerprint density at radius 2 is 2.39 bits per heavy atom. The molecule has 96 valence electrons. The van der Waals surface area contributed by atoms with E-state index in [1.54, 1.807) is 6.07 Å². The molecule has 6 heteroatoms. The first kappa shape index (κ1) is 11.3. The van der Waals surface area contributed by atoms with Crippen LogP contribution in [0.25, 0.3) is 0 Å². The zero-order chi connectivity index (χ0) is 12.7. The number of nitrogens with zero attached hydrogens (tertiary/aromatic N) is 2. The van der Waals surface area contributed by atoms with E-state index in [2.05, 4.69) is 10.2 Å². The van der Waals surface area contributed by atoms with Crippen LogP contribution in [0, 0.1) is 17.0 Å². The maximum absolute atomic E-state index is 10.8. The van der Waals surface area contributed by atoms with Crippen LogP contribution in [0.5, 0.6) is 5.75 Å². The molecule has 0 saturated carbocycles. The second kappa shape index (κ2) is 4.13. The molecule has 0 spiro atoms. The smallest absolute Gasteiger partial charge is 0.273 e. The number of hydrogen-bond donors (Lipinski definition) is 1. The molecule has 0 aromatic heterocycles. The fraction of sp³-hybridized carbons (Fsp3) is 0.500. The predicted octanol–water partition coefficient (Wildman–Crippen LogP) is 1.07. The molecular weight excluding hydrogens is 234 g/mol. The molecule has 2 heterocycles. The molecule has 6 nitrogen and oxygen atoms in total. The summed E-state index contributed by atoms with van der Waals surface area (Å²) in [5.41, 5.74) is 2.02. The Morgan fingerprint density at radius 3 is 3.17 bits per heavy atom. The van der Waals surface area contributed by atoms with Crippen LogP contribution in [0.15, 0.2) is 12.1 Å². The third kappa shape index (κ3) is 1.69. The van der Waals surface area contributed by atoms with Crippen molar-refractivity contribution in [2.75, 3.05) is 31.1 Å². The summed E-state index contributed by atoms with van der Waals surface area (Å²) in [6.07, 6.45) is 0. The summed E-state index contributed by atoms with van der Waals surface area (Å²) in [7, 11) is 0. The molecule has 0 aliphatic carbocycles. The van der Waals surface area contributed by atoms with E-state index in [0.29, 0.717) is 18.4 Å². The lowest BCUT2D eigenvalue weighted by atomic mass is 10.1. The predicted molar refractivity (Wildman–Crippen MR) is 67.3 cm³/mol. The summed E-state index contributed by atoms with van der Waals surface area (Å²) >= 11 is 0. The van der Waals surface area contributed by atoms with Crippen molar-refractivity contribution in [3.05, 3.63) is 27.8 Å². The fourth-order valence-corrected chi connectivity index (χ4v) is 2.70. The Balaban J connectivity index is 2.06. The van der Waals surface area contributed by atoms with Crippen molar-refractivity contribution < 1.29 is 9.66 Å². The number of aryl methyl sites for hydroxylation is 1. The second-order valence-corrected chi connectivity index (χ2v) is 4.73. The van der Waals surface area contributed by atoms with Crippen molar-refractivity contribution in [1.82, 2.24) is 5.32 Å². The molecule has 0 amide bonds. The number of nitro benzene ring substituents is 1. The lowest BCUT2D eigenvalue weighted by Crippen LogP contribution is -2.56. The largest absolute Gasteiger partial charge is 0.489 e. The Hall–Kier alpha value is -1.82. The molecule has 0 radical (unpaired) electrons. The third-order valence-electron chi connectivity index (χ3n) is 3.53. The summed E-state index contributed by atoms with van der Waals surface area (Å²) in [5.74, 6) is 0.639. The van der Waals surface area contributed by atoms with Crippen LogP contribution in [-0.4, -0.2) is 37.2 Å². The van der Waals surface area contributed by atoms with Gasteiger partial charge in [0.1, 0.15) is 12.4 Å². The fourth-order valence-electron chi connectivity index (χ4n) is 2.70. The molecule has 3 rings (SSSR count). The van der Waals surface area contributed by atoms with Gasteiger partial charge < -0.3 is 15.0 Å². The van der Waals surface area contributed by atoms with Crippen molar-refractivity contribution in [2.45, 2.75) is 13.0 Å². The summed E-state index contributed by atoms with van der Waals surface area (Å²) in [4.78, 5) is 12.8. The summed E-state index contributed by atoms with van der Waals surface area (Å²) in [5, 5.41) is 14.2. The number of hydrogen-bond acceptors (Lipinski definition) is 5. The van der Waals surface area contributed by atoms with Crippen LogP contribution in [0.1, 0.15) is 5.56 Å². The standard InChI is InChI=1S/C12H15N3O3/c1-8-4-9(15(16)17)5-11-12(8)14-3-2-13-6-10(14)7-18-11/h4-5,10,13H,2-3,6-7H2,1H3/t10-/m0/s1. The lowest BCUT2D eigenvalue weighted by molar-refractivity contribution is -0.385. The first-order chi connectivity index (χ1) is 8.66. The van der Waals surface area contributed by atoms with E-state index in [0.717, 1.165) is 30.9 Å². The van der Waals surface area contributed by atoms with E-state index in [9.17, 15) is 10.1 Å². The van der Waals surface area contributed by atoms with Crippen molar-refractivity contribution in [3.63, 3.8) is 0 Å². The highest BCUT2D eigenvalue weighted by Crippen LogP contribution is 2.40. The monoisotopic (exact) mass is 249 g/mol. The molecule has 1 fully saturated rings. The SMILES string of the molecule is Cc1cc([N+](=O)[O-])cc2c1N1CCNC[C@H]1CO2. The zero-order valence-electron chi connectivity index (χ0n) is 10.2. The molecule has 0 bridgehead atoms. The normalized spacial score (nSPS) is 21.8. The Morgan fingerprint density at radius 1 is 1.56 bits per heavy atom. The van der Waals surface area contributed by atoms with Crippen molar-refractivity contribution in [2.24, 2.45) is 0 Å². The number of fused-ring (bicyclic) bond motifs is 3. The molecule has 18 heavy (non-hydrogen) atoms. The first-order valence-corrected chi connectivity index (χ1v) is 6.06. The highest BCUT2D eigenvalue weighted by molar-refractivity contribution is 5.69. The average molecular weight is 249 g/mol. The van der Waals surface area contributed by atoms with Gasteiger partial charge in [-0.05, 0) is 12.5 Å². The Kier molecular flexibility index (Phi) is 2.59. The minimum absolute atomic E-state index is 0.0971. The van der Waals surface area contributed by atoms with Crippen molar-refractivity contribution in [1.29, 1.82) is 0 Å². The molecule has 1 atom stereocenters. The van der Waals surface area contributed by atoms with E-state index in [1.807, 2.05) is 6.92 Å². The van der Waals surface area contributed by atoms with E-state index in [4.69, 9.17) is 4.74 Å². The number of anilines is 1. The van der Waals surface area contributed by atoms with Crippen LogP contribution >= 0.6 is 0 Å². The van der Waals surface area contributed by atoms with Crippen LogP contribution in [-0.2, 0) is 0 Å². The number of ether oxygens (including phenoxy) is 1. The number of non-ortho nitro benzene ring substituents is 1. The molecular formula is C12H15N3O3. The van der Waals surface area contributed by atoms with Gasteiger partial charge in [-0.3, -0.25) is 10.1 Å². The van der Waals surface area contributed by atoms with E-state index >= 15 is 0 Å². The van der Waals surface area contributed by atoms with Crippen molar-refractivity contribution in [3.8, 4) is 5.75 Å². The van der Waals surface area contributed by atoms with Gasteiger partial charge in [-0.15, -0.1) is 0 Å². The second-order valence-electron chi connectivity index (χ2n) is 4.73. The van der Waals surface area contributed by atoms with Gasteiger partial charge >= 0.3 is 0 Å². The number of benzene rings is 1. The average Bonchev–Trinajstić information content (AvgIpc) is 2.37. The van der Waals surface area contributed by atoms with E-state index < -0.39 is 0 Å². The highest BCUT2D eigenvalue weighted by Gasteiger charge is 2.32. The topological polar surface area (TPSA) is 67.6 Å². The molecule has 1 aromatic rings. The minimum atomic E-state index is -0.375. The molecule has 0 unspecified atom stereocenters. The summed E-state index contributed by atoms with van der Waals surface area (Å²) in [6.45, 7) is 5.24. The van der Waals surface area contributed by atoms with Crippen LogP contribution < -0.4 is 15.0 Å². The number of rotatable bonds is 1. The van der Waals surface area contributed by atoms with Crippen molar-refractivity contribution >= 4 is 11.4 Å².